The van der Waals surface area contributed by atoms with E-state index >= 15 is 0 Å². The van der Waals surface area contributed by atoms with Crippen molar-refractivity contribution in [2.45, 2.75) is 20.8 Å². The van der Waals surface area contributed by atoms with Crippen molar-refractivity contribution >= 4 is 17.4 Å². The molecule has 1 aromatic rings. The molecule has 0 spiro atoms. The number of nitrogens with zero attached hydrogens (tertiary/aromatic N) is 2. The Balaban J connectivity index is 3.13. The number of aryl methyl sites for hydroxylation is 1. The molecule has 0 saturated carbocycles. The predicted molar refractivity (Wildman–Crippen MR) is 57.2 cm³/mol. The average molecular weight is 213 g/mol. The van der Waals surface area contributed by atoms with Gasteiger partial charge in [-0.2, -0.15) is 0 Å². The van der Waals surface area contributed by atoms with Gasteiger partial charge in [-0.25, -0.2) is 9.97 Å². The highest BCUT2D eigenvalue weighted by atomic mass is 35.5. The number of hydrogen-bond acceptors (Lipinski definition) is 3. The third-order valence-electron chi connectivity index (χ3n) is 1.78. The Bertz CT molecular complexity index is 363. The molecule has 76 valence electrons. The van der Waals surface area contributed by atoms with Crippen LogP contribution in [0, 0.1) is 13.8 Å². The van der Waals surface area contributed by atoms with Crippen LogP contribution < -0.4 is 0 Å². The number of rotatable bonds is 3. The van der Waals surface area contributed by atoms with Crippen LogP contribution in [0.2, 0.25) is 5.15 Å². The molecule has 1 aromatic heterocycles. The van der Waals surface area contributed by atoms with Gasteiger partial charge in [0.25, 0.3) is 0 Å². The Kier molecular flexibility index (Phi) is 3.47. The first-order valence-electron chi connectivity index (χ1n) is 4.39. The lowest BCUT2D eigenvalue weighted by molar-refractivity contribution is 0.297. The molecule has 1 heterocycles. The van der Waals surface area contributed by atoms with Crippen molar-refractivity contribution < 1.29 is 4.74 Å². The summed E-state index contributed by atoms with van der Waals surface area (Å²) < 4.78 is 5.28. The summed E-state index contributed by atoms with van der Waals surface area (Å²) in [5.41, 5.74) is 1.49. The zero-order valence-electron chi connectivity index (χ0n) is 8.59. The van der Waals surface area contributed by atoms with E-state index in [-0.39, 0.29) is 0 Å². The van der Waals surface area contributed by atoms with Crippen LogP contribution in [0.5, 0.6) is 0 Å². The molecule has 0 aliphatic heterocycles. The summed E-state index contributed by atoms with van der Waals surface area (Å²) in [6, 6.07) is 0. The Morgan fingerprint density at radius 1 is 1.43 bits per heavy atom. The van der Waals surface area contributed by atoms with Crippen LogP contribution in [-0.2, 0) is 4.74 Å². The first-order valence-corrected chi connectivity index (χ1v) is 4.76. The third kappa shape index (κ3) is 2.23. The zero-order chi connectivity index (χ0) is 10.7. The lowest BCUT2D eigenvalue weighted by Crippen LogP contribution is -2.01. The smallest absolute Gasteiger partial charge is 0.138 e. The second kappa shape index (κ2) is 4.42. The molecule has 0 N–H and O–H groups in total. The average Bonchev–Trinajstić information content (AvgIpc) is 2.11. The van der Waals surface area contributed by atoms with Crippen molar-refractivity contribution in [1.82, 2.24) is 9.97 Å². The van der Waals surface area contributed by atoms with Gasteiger partial charge in [0.2, 0.25) is 0 Å². The van der Waals surface area contributed by atoms with Gasteiger partial charge in [0.1, 0.15) is 22.4 Å². The highest BCUT2D eigenvalue weighted by Crippen LogP contribution is 2.21. The van der Waals surface area contributed by atoms with E-state index in [9.17, 15) is 0 Å². The topological polar surface area (TPSA) is 35.0 Å². The summed E-state index contributed by atoms with van der Waals surface area (Å²) in [5.74, 6) is 1.16. The Labute approximate surface area is 88.8 Å². The lowest BCUT2D eigenvalue weighted by Gasteiger charge is -2.10. The van der Waals surface area contributed by atoms with Crippen molar-refractivity contribution in [3.05, 3.63) is 28.8 Å². The molecule has 0 aliphatic rings. The summed E-state index contributed by atoms with van der Waals surface area (Å²) in [6.45, 7) is 9.89. The molecule has 0 aromatic carbocycles. The Hall–Kier alpha value is -1.09. The molecule has 14 heavy (non-hydrogen) atoms. The SMILES string of the molecule is C=C(OCC)c1nc(C)nc(Cl)c1C. The summed E-state index contributed by atoms with van der Waals surface area (Å²) >= 11 is 5.92. The monoisotopic (exact) mass is 212 g/mol. The van der Waals surface area contributed by atoms with Crippen LogP contribution in [0.3, 0.4) is 0 Å². The maximum Gasteiger partial charge on any atom is 0.138 e. The van der Waals surface area contributed by atoms with E-state index < -0.39 is 0 Å². The minimum absolute atomic E-state index is 0.452. The van der Waals surface area contributed by atoms with Crippen LogP contribution in [0.25, 0.3) is 5.76 Å². The third-order valence-corrected chi connectivity index (χ3v) is 2.15. The van der Waals surface area contributed by atoms with Gasteiger partial charge >= 0.3 is 0 Å². The van der Waals surface area contributed by atoms with E-state index in [0.29, 0.717) is 29.0 Å². The van der Waals surface area contributed by atoms with Gasteiger partial charge in [-0.05, 0) is 20.8 Å². The lowest BCUT2D eigenvalue weighted by atomic mass is 10.2. The van der Waals surface area contributed by atoms with E-state index in [1.807, 2.05) is 13.8 Å². The number of halogens is 1. The minimum atomic E-state index is 0.452. The zero-order valence-corrected chi connectivity index (χ0v) is 9.35. The Morgan fingerprint density at radius 3 is 2.64 bits per heavy atom. The molecule has 0 unspecified atom stereocenters. The van der Waals surface area contributed by atoms with Gasteiger partial charge < -0.3 is 4.74 Å². The maximum atomic E-state index is 5.92. The van der Waals surface area contributed by atoms with Crippen molar-refractivity contribution in [3.63, 3.8) is 0 Å². The van der Waals surface area contributed by atoms with E-state index in [1.165, 1.54) is 0 Å². The van der Waals surface area contributed by atoms with Crippen LogP contribution >= 0.6 is 11.6 Å². The molecule has 0 fully saturated rings. The van der Waals surface area contributed by atoms with Gasteiger partial charge in [0, 0.05) is 5.56 Å². The quantitative estimate of drug-likeness (QED) is 0.571. The van der Waals surface area contributed by atoms with Gasteiger partial charge in [-0.1, -0.05) is 18.2 Å². The molecule has 0 amide bonds. The van der Waals surface area contributed by atoms with Crippen molar-refractivity contribution in [2.24, 2.45) is 0 Å². The second-order valence-corrected chi connectivity index (χ2v) is 3.25. The predicted octanol–water partition coefficient (Wildman–Crippen LogP) is 2.75. The molecule has 0 atom stereocenters. The minimum Gasteiger partial charge on any atom is -0.492 e. The molecular formula is C10H13ClN2O. The van der Waals surface area contributed by atoms with Crippen LogP contribution in [0.15, 0.2) is 6.58 Å². The van der Waals surface area contributed by atoms with Crippen molar-refractivity contribution in [3.8, 4) is 0 Å². The standard InChI is InChI=1S/C10H13ClN2O/c1-5-14-7(3)9-6(2)10(11)13-8(4)12-9/h3,5H2,1-2,4H3. The molecule has 0 saturated heterocycles. The maximum absolute atomic E-state index is 5.92. The van der Waals surface area contributed by atoms with E-state index in [2.05, 4.69) is 16.5 Å². The summed E-state index contributed by atoms with van der Waals surface area (Å²) in [4.78, 5) is 8.27. The molecule has 0 bridgehead atoms. The summed E-state index contributed by atoms with van der Waals surface area (Å²) in [7, 11) is 0. The van der Waals surface area contributed by atoms with E-state index in [0.717, 1.165) is 5.56 Å². The molecule has 4 heteroatoms. The molecular weight excluding hydrogens is 200 g/mol. The van der Waals surface area contributed by atoms with Crippen molar-refractivity contribution in [2.75, 3.05) is 6.61 Å². The summed E-state index contributed by atoms with van der Waals surface area (Å²) in [5, 5.41) is 0.452. The van der Waals surface area contributed by atoms with Gasteiger partial charge in [-0.3, -0.25) is 0 Å². The second-order valence-electron chi connectivity index (χ2n) is 2.89. The number of hydrogen-bond donors (Lipinski definition) is 0. The first kappa shape index (κ1) is 11.0. The fraction of sp³-hybridized carbons (Fsp3) is 0.400. The van der Waals surface area contributed by atoms with E-state index in [1.54, 1.807) is 6.92 Å². The van der Waals surface area contributed by atoms with E-state index in [4.69, 9.17) is 16.3 Å². The van der Waals surface area contributed by atoms with Crippen LogP contribution in [0.4, 0.5) is 0 Å². The fourth-order valence-electron chi connectivity index (χ4n) is 1.11. The number of ether oxygens (including phenoxy) is 1. The van der Waals surface area contributed by atoms with Crippen LogP contribution in [0.1, 0.15) is 24.0 Å². The molecule has 0 aliphatic carbocycles. The molecule has 0 radical (unpaired) electrons. The van der Waals surface area contributed by atoms with Gasteiger partial charge in [0.05, 0.1) is 6.61 Å². The largest absolute Gasteiger partial charge is 0.492 e. The Morgan fingerprint density at radius 2 is 2.07 bits per heavy atom. The fourth-order valence-corrected chi connectivity index (χ4v) is 1.32. The summed E-state index contributed by atoms with van der Waals surface area (Å²) in [6.07, 6.45) is 0. The van der Waals surface area contributed by atoms with Gasteiger partial charge in [0.15, 0.2) is 0 Å². The highest BCUT2D eigenvalue weighted by Gasteiger charge is 2.10. The van der Waals surface area contributed by atoms with Crippen molar-refractivity contribution in [1.29, 1.82) is 0 Å². The highest BCUT2D eigenvalue weighted by molar-refractivity contribution is 6.30. The van der Waals surface area contributed by atoms with Gasteiger partial charge in [-0.15, -0.1) is 0 Å². The normalized spacial score (nSPS) is 10.0. The number of aromatic nitrogens is 2. The van der Waals surface area contributed by atoms with Crippen LogP contribution in [-0.4, -0.2) is 16.6 Å². The first-order chi connectivity index (χ1) is 6.56. The molecule has 1 rings (SSSR count). The molecule has 3 nitrogen and oxygen atoms in total.